The molecule has 1 aliphatic carbocycles. The van der Waals surface area contributed by atoms with Crippen LogP contribution in [0.15, 0.2) is 12.2 Å². The largest absolute Gasteiger partial charge is 0.389 e. The molecule has 3 heteroatoms. The summed E-state index contributed by atoms with van der Waals surface area (Å²) >= 11 is 0. The van der Waals surface area contributed by atoms with Crippen LogP contribution in [0.1, 0.15) is 47.5 Å². The smallest absolute Gasteiger partial charge is 0.116 e. The molecule has 0 spiro atoms. The van der Waals surface area contributed by atoms with Crippen molar-refractivity contribution in [2.24, 2.45) is 11.3 Å². The van der Waals surface area contributed by atoms with Gasteiger partial charge in [0.15, 0.2) is 0 Å². The second-order valence-corrected chi connectivity index (χ2v) is 6.54. The first kappa shape index (κ1) is 14.7. The topological polar surface area (TPSA) is 60.7 Å². The Morgan fingerprint density at radius 1 is 1.18 bits per heavy atom. The second-order valence-electron chi connectivity index (χ2n) is 6.54. The van der Waals surface area contributed by atoms with Crippen LogP contribution in [0.25, 0.3) is 0 Å². The fraction of sp³-hybridized carbons (Fsp3) is 0.857. The zero-order chi connectivity index (χ0) is 13.5. The Morgan fingerprint density at radius 2 is 1.71 bits per heavy atom. The lowest BCUT2D eigenvalue weighted by Gasteiger charge is -2.55. The maximum absolute atomic E-state index is 10.8. The highest BCUT2D eigenvalue weighted by Crippen LogP contribution is 2.51. The van der Waals surface area contributed by atoms with Gasteiger partial charge in [-0.3, -0.25) is 0 Å². The van der Waals surface area contributed by atoms with Gasteiger partial charge in [0.1, 0.15) is 5.60 Å². The van der Waals surface area contributed by atoms with Crippen molar-refractivity contribution in [1.29, 1.82) is 0 Å². The molecule has 0 saturated heterocycles. The van der Waals surface area contributed by atoms with E-state index in [1.807, 2.05) is 13.8 Å². The van der Waals surface area contributed by atoms with Crippen LogP contribution in [0.3, 0.4) is 0 Å². The molecule has 0 aromatic carbocycles. The average Bonchev–Trinajstić information content (AvgIpc) is 2.09. The summed E-state index contributed by atoms with van der Waals surface area (Å²) in [6, 6.07) is 0. The fourth-order valence-electron chi connectivity index (χ4n) is 3.35. The van der Waals surface area contributed by atoms with E-state index in [1.54, 1.807) is 26.0 Å². The first-order valence-electron chi connectivity index (χ1n) is 6.34. The molecule has 0 radical (unpaired) electrons. The normalized spacial score (nSPS) is 43.9. The van der Waals surface area contributed by atoms with Crippen LogP contribution in [0.4, 0.5) is 0 Å². The Balaban J connectivity index is 3.15. The molecule has 0 aromatic rings. The number of rotatable bonds is 2. The van der Waals surface area contributed by atoms with Gasteiger partial charge in [0.2, 0.25) is 0 Å². The van der Waals surface area contributed by atoms with Gasteiger partial charge in [-0.05, 0) is 32.6 Å². The summed E-state index contributed by atoms with van der Waals surface area (Å²) in [5.74, 6) is 0.375. The summed E-state index contributed by atoms with van der Waals surface area (Å²) < 4.78 is 0. The Labute approximate surface area is 104 Å². The Bertz CT molecular complexity index is 285. The summed E-state index contributed by atoms with van der Waals surface area (Å²) in [6.07, 6.45) is 3.92. The standard InChI is InChI=1S/C14H26O3/c1-10-8-12(3,4)14(17,7-6-11(2)15)13(5,16)9-10/h6-7,10-11,15-17H,8-9H2,1-5H3/t10-,11+,13+,14+/m0/s1. The first-order chi connectivity index (χ1) is 7.52. The Kier molecular flexibility index (Phi) is 3.78. The van der Waals surface area contributed by atoms with E-state index in [0.717, 1.165) is 6.42 Å². The van der Waals surface area contributed by atoms with E-state index in [1.165, 1.54) is 0 Å². The van der Waals surface area contributed by atoms with Crippen molar-refractivity contribution < 1.29 is 15.3 Å². The number of aliphatic hydroxyl groups excluding tert-OH is 1. The Hall–Kier alpha value is -0.380. The lowest BCUT2D eigenvalue weighted by molar-refractivity contribution is -0.205. The summed E-state index contributed by atoms with van der Waals surface area (Å²) in [6.45, 7) is 9.32. The van der Waals surface area contributed by atoms with Crippen LogP contribution in [0.2, 0.25) is 0 Å². The molecule has 0 amide bonds. The van der Waals surface area contributed by atoms with E-state index < -0.39 is 22.7 Å². The van der Waals surface area contributed by atoms with Gasteiger partial charge in [-0.2, -0.15) is 0 Å². The SMILES string of the molecule is C[C@H]1CC(C)(C)[C@](O)(C=C[C@@H](C)O)[C@](C)(O)C1. The van der Waals surface area contributed by atoms with E-state index in [9.17, 15) is 15.3 Å². The van der Waals surface area contributed by atoms with Gasteiger partial charge in [-0.1, -0.05) is 32.9 Å². The number of hydrogen-bond acceptors (Lipinski definition) is 3. The van der Waals surface area contributed by atoms with Crippen LogP contribution >= 0.6 is 0 Å². The quantitative estimate of drug-likeness (QED) is 0.648. The van der Waals surface area contributed by atoms with Crippen molar-refractivity contribution in [3.63, 3.8) is 0 Å². The third-order valence-electron chi connectivity index (χ3n) is 4.07. The minimum absolute atomic E-state index is 0.375. The molecular formula is C14H26O3. The van der Waals surface area contributed by atoms with Gasteiger partial charge in [0, 0.05) is 5.41 Å². The summed E-state index contributed by atoms with van der Waals surface area (Å²) in [4.78, 5) is 0. The highest BCUT2D eigenvalue weighted by atomic mass is 16.4. The summed E-state index contributed by atoms with van der Waals surface area (Å²) in [5, 5.41) is 30.7. The van der Waals surface area contributed by atoms with Crippen LogP contribution in [0.5, 0.6) is 0 Å². The number of hydrogen-bond donors (Lipinski definition) is 3. The lowest BCUT2D eigenvalue weighted by atomic mass is 9.56. The average molecular weight is 242 g/mol. The molecular weight excluding hydrogens is 216 g/mol. The fourth-order valence-corrected chi connectivity index (χ4v) is 3.35. The number of aliphatic hydroxyl groups is 3. The maximum atomic E-state index is 10.8. The van der Waals surface area contributed by atoms with E-state index in [0.29, 0.717) is 12.3 Å². The zero-order valence-electron chi connectivity index (χ0n) is 11.6. The molecule has 1 rings (SSSR count). The summed E-state index contributed by atoms with van der Waals surface area (Å²) in [7, 11) is 0. The van der Waals surface area contributed by atoms with E-state index >= 15 is 0 Å². The van der Waals surface area contributed by atoms with Gasteiger partial charge >= 0.3 is 0 Å². The van der Waals surface area contributed by atoms with E-state index in [2.05, 4.69) is 6.92 Å². The molecule has 1 aliphatic rings. The van der Waals surface area contributed by atoms with Crippen molar-refractivity contribution >= 4 is 0 Å². The highest BCUT2D eigenvalue weighted by Gasteiger charge is 2.57. The third kappa shape index (κ3) is 2.56. The van der Waals surface area contributed by atoms with Crippen LogP contribution in [-0.4, -0.2) is 32.6 Å². The molecule has 3 N–H and O–H groups in total. The minimum Gasteiger partial charge on any atom is -0.389 e. The van der Waals surface area contributed by atoms with Crippen molar-refractivity contribution in [2.75, 3.05) is 0 Å². The van der Waals surface area contributed by atoms with Crippen molar-refractivity contribution in [2.45, 2.75) is 64.8 Å². The second kappa shape index (κ2) is 4.38. The molecule has 0 bridgehead atoms. The van der Waals surface area contributed by atoms with Crippen LogP contribution < -0.4 is 0 Å². The third-order valence-corrected chi connectivity index (χ3v) is 4.07. The molecule has 17 heavy (non-hydrogen) atoms. The van der Waals surface area contributed by atoms with Gasteiger partial charge in [-0.15, -0.1) is 0 Å². The molecule has 0 unspecified atom stereocenters. The molecule has 1 saturated carbocycles. The molecule has 0 heterocycles. The minimum atomic E-state index is -1.30. The van der Waals surface area contributed by atoms with Gasteiger partial charge in [0.25, 0.3) is 0 Å². The maximum Gasteiger partial charge on any atom is 0.116 e. The van der Waals surface area contributed by atoms with Crippen molar-refractivity contribution in [1.82, 2.24) is 0 Å². The van der Waals surface area contributed by atoms with Crippen molar-refractivity contribution in [3.8, 4) is 0 Å². The molecule has 4 atom stereocenters. The molecule has 0 aliphatic heterocycles. The van der Waals surface area contributed by atoms with Crippen molar-refractivity contribution in [3.05, 3.63) is 12.2 Å². The van der Waals surface area contributed by atoms with Crippen LogP contribution in [0, 0.1) is 11.3 Å². The first-order valence-corrected chi connectivity index (χ1v) is 6.34. The van der Waals surface area contributed by atoms with Gasteiger partial charge in [0.05, 0.1) is 11.7 Å². The van der Waals surface area contributed by atoms with Gasteiger partial charge < -0.3 is 15.3 Å². The van der Waals surface area contributed by atoms with Crippen LogP contribution in [-0.2, 0) is 0 Å². The molecule has 1 fully saturated rings. The molecule has 3 nitrogen and oxygen atoms in total. The predicted molar refractivity (Wildman–Crippen MR) is 68.6 cm³/mol. The predicted octanol–water partition coefficient (Wildman–Crippen LogP) is 1.86. The zero-order valence-corrected chi connectivity index (χ0v) is 11.6. The van der Waals surface area contributed by atoms with E-state index in [4.69, 9.17) is 0 Å². The monoisotopic (exact) mass is 242 g/mol. The molecule has 0 aromatic heterocycles. The lowest BCUT2D eigenvalue weighted by Crippen LogP contribution is -2.63. The summed E-state index contributed by atoms with van der Waals surface area (Å²) in [5.41, 5.74) is -2.89. The Morgan fingerprint density at radius 3 is 2.12 bits per heavy atom. The van der Waals surface area contributed by atoms with Gasteiger partial charge in [-0.25, -0.2) is 0 Å². The highest BCUT2D eigenvalue weighted by molar-refractivity contribution is 5.20. The molecule has 100 valence electrons. The van der Waals surface area contributed by atoms with E-state index in [-0.39, 0.29) is 0 Å².